The molecule has 6 nitrogen and oxygen atoms in total. The van der Waals surface area contributed by atoms with Crippen molar-refractivity contribution in [1.82, 2.24) is 5.32 Å². The number of barbiturate groups is 1. The number of para-hydroxylation sites is 1. The molecule has 0 spiro atoms. The number of imide groups is 2. The van der Waals surface area contributed by atoms with Gasteiger partial charge < -0.3 is 4.74 Å². The Hall–Kier alpha value is -3.23. The fourth-order valence-electron chi connectivity index (χ4n) is 3.10. The lowest BCUT2D eigenvalue weighted by molar-refractivity contribution is -0.122. The van der Waals surface area contributed by atoms with Gasteiger partial charge in [0.2, 0.25) is 0 Å². The fourth-order valence-corrected chi connectivity index (χ4v) is 4.26. The second-order valence-electron chi connectivity index (χ2n) is 6.89. The van der Waals surface area contributed by atoms with Crippen LogP contribution in [0.2, 0.25) is 0 Å². The van der Waals surface area contributed by atoms with Crippen LogP contribution in [0.4, 0.5) is 10.5 Å². The summed E-state index contributed by atoms with van der Waals surface area (Å²) in [6, 6.07) is 20.5. The molecule has 3 aromatic carbocycles. The Kier molecular flexibility index (Phi) is 6.53. The zero-order valence-electron chi connectivity index (χ0n) is 16.5. The van der Waals surface area contributed by atoms with Gasteiger partial charge in [-0.2, -0.15) is 0 Å². The molecule has 0 bridgehead atoms. The Morgan fingerprint density at radius 3 is 2.31 bits per heavy atom. The van der Waals surface area contributed by atoms with Crippen molar-refractivity contribution >= 4 is 61.5 Å². The third-order valence-corrected chi connectivity index (χ3v) is 5.95. The lowest BCUT2D eigenvalue weighted by atomic mass is 10.1. The van der Waals surface area contributed by atoms with Gasteiger partial charge in [-0.05, 0) is 48.0 Å². The van der Waals surface area contributed by atoms with Gasteiger partial charge in [0.15, 0.2) is 0 Å². The molecule has 0 aliphatic carbocycles. The molecule has 0 radical (unpaired) electrons. The Bertz CT molecular complexity index is 1220. The van der Waals surface area contributed by atoms with E-state index in [9.17, 15) is 14.4 Å². The highest BCUT2D eigenvalue weighted by atomic mass is 79.9. The van der Waals surface area contributed by atoms with Gasteiger partial charge in [-0.1, -0.05) is 68.3 Å². The monoisotopic (exact) mass is 554 g/mol. The molecule has 1 fully saturated rings. The van der Waals surface area contributed by atoms with Crippen LogP contribution in [0, 0.1) is 0 Å². The number of nitrogens with one attached hydrogen (secondary N) is 1. The normalized spacial score (nSPS) is 15.1. The smallest absolute Gasteiger partial charge is 0.335 e. The lowest BCUT2D eigenvalue weighted by Gasteiger charge is -2.26. The van der Waals surface area contributed by atoms with Gasteiger partial charge in [0.25, 0.3) is 11.8 Å². The molecule has 8 heteroatoms. The van der Waals surface area contributed by atoms with E-state index in [1.165, 1.54) is 6.08 Å². The third-order valence-electron chi connectivity index (χ3n) is 4.72. The number of hydrogen-bond donors (Lipinski definition) is 1. The van der Waals surface area contributed by atoms with E-state index in [1.54, 1.807) is 54.6 Å². The van der Waals surface area contributed by atoms with E-state index in [0.29, 0.717) is 23.6 Å². The Balaban J connectivity index is 1.50. The van der Waals surface area contributed by atoms with E-state index in [-0.39, 0.29) is 5.57 Å². The summed E-state index contributed by atoms with van der Waals surface area (Å²) in [4.78, 5) is 38.3. The second-order valence-corrected chi connectivity index (χ2v) is 8.66. The maximum absolute atomic E-state index is 12.9. The molecule has 0 unspecified atom stereocenters. The van der Waals surface area contributed by atoms with Crippen LogP contribution in [0.15, 0.2) is 87.3 Å². The number of hydrogen-bond acceptors (Lipinski definition) is 4. The van der Waals surface area contributed by atoms with Crippen LogP contribution in [-0.4, -0.2) is 17.8 Å². The van der Waals surface area contributed by atoms with Gasteiger partial charge in [0, 0.05) is 14.5 Å². The maximum atomic E-state index is 12.9. The topological polar surface area (TPSA) is 75.7 Å². The standard InChI is InChI=1S/C24H16Br2N2O4/c25-17-9-8-16(21(26)13-17)14-32-19-10-6-15(7-11-19)12-20-22(29)27-24(31)28(23(20)30)18-4-2-1-3-5-18/h1-13H,14H2,(H,27,29,31)/b20-12+. The van der Waals surface area contributed by atoms with Crippen molar-refractivity contribution in [3.8, 4) is 5.75 Å². The average Bonchev–Trinajstić information content (AvgIpc) is 2.77. The van der Waals surface area contributed by atoms with E-state index in [2.05, 4.69) is 37.2 Å². The minimum atomic E-state index is -0.772. The highest BCUT2D eigenvalue weighted by molar-refractivity contribution is 9.11. The van der Waals surface area contributed by atoms with Crippen molar-refractivity contribution < 1.29 is 19.1 Å². The van der Waals surface area contributed by atoms with Crippen molar-refractivity contribution in [3.05, 3.63) is 98.4 Å². The quantitative estimate of drug-likeness (QED) is 0.335. The number of benzene rings is 3. The molecule has 4 amide bonds. The molecule has 0 aromatic heterocycles. The predicted molar refractivity (Wildman–Crippen MR) is 128 cm³/mol. The van der Waals surface area contributed by atoms with Crippen LogP contribution >= 0.6 is 31.9 Å². The third kappa shape index (κ3) is 4.81. The van der Waals surface area contributed by atoms with Crippen molar-refractivity contribution in [3.63, 3.8) is 0 Å². The van der Waals surface area contributed by atoms with Crippen LogP contribution in [0.3, 0.4) is 0 Å². The highest BCUT2D eigenvalue weighted by Crippen LogP contribution is 2.25. The summed E-state index contributed by atoms with van der Waals surface area (Å²) in [5.41, 5.74) is 1.88. The lowest BCUT2D eigenvalue weighted by Crippen LogP contribution is -2.54. The highest BCUT2D eigenvalue weighted by Gasteiger charge is 2.36. The first kappa shape index (κ1) is 22.0. The van der Waals surface area contributed by atoms with Crippen molar-refractivity contribution in [2.75, 3.05) is 4.90 Å². The Morgan fingerprint density at radius 1 is 0.906 bits per heavy atom. The molecule has 1 saturated heterocycles. The zero-order valence-corrected chi connectivity index (χ0v) is 19.7. The first-order valence-electron chi connectivity index (χ1n) is 9.55. The van der Waals surface area contributed by atoms with E-state index >= 15 is 0 Å². The molecule has 32 heavy (non-hydrogen) atoms. The average molecular weight is 556 g/mol. The molecule has 1 N–H and O–H groups in total. The van der Waals surface area contributed by atoms with Crippen molar-refractivity contribution in [1.29, 1.82) is 0 Å². The maximum Gasteiger partial charge on any atom is 0.335 e. The molecule has 0 atom stereocenters. The van der Waals surface area contributed by atoms with Gasteiger partial charge in [-0.25, -0.2) is 9.69 Å². The molecular weight excluding hydrogens is 540 g/mol. The second kappa shape index (κ2) is 9.50. The van der Waals surface area contributed by atoms with Gasteiger partial charge in [0.05, 0.1) is 5.69 Å². The Labute approximate surface area is 201 Å². The summed E-state index contributed by atoms with van der Waals surface area (Å²) < 4.78 is 7.73. The summed E-state index contributed by atoms with van der Waals surface area (Å²) in [6.45, 7) is 0.378. The largest absolute Gasteiger partial charge is 0.489 e. The fraction of sp³-hybridized carbons (Fsp3) is 0.0417. The molecule has 1 aliphatic heterocycles. The van der Waals surface area contributed by atoms with Gasteiger partial charge >= 0.3 is 6.03 Å². The molecule has 160 valence electrons. The van der Waals surface area contributed by atoms with Gasteiger partial charge in [0.1, 0.15) is 17.9 Å². The number of carbonyl (C=O) groups is 3. The summed E-state index contributed by atoms with van der Waals surface area (Å²) in [5, 5.41) is 2.21. The molecule has 1 aliphatic rings. The minimum absolute atomic E-state index is 0.124. The van der Waals surface area contributed by atoms with E-state index in [1.807, 2.05) is 18.2 Å². The van der Waals surface area contributed by atoms with Crippen molar-refractivity contribution in [2.24, 2.45) is 0 Å². The van der Waals surface area contributed by atoms with Gasteiger partial charge in [-0.3, -0.25) is 14.9 Å². The SMILES string of the molecule is O=C1NC(=O)N(c2ccccc2)C(=O)/C1=C/c1ccc(OCc2ccc(Br)cc2Br)cc1. The number of ether oxygens (including phenoxy) is 1. The Morgan fingerprint density at radius 2 is 1.62 bits per heavy atom. The molecule has 4 rings (SSSR count). The molecule has 1 heterocycles. The number of nitrogens with zero attached hydrogens (tertiary/aromatic N) is 1. The molecular formula is C24H16Br2N2O4. The van der Waals surface area contributed by atoms with Crippen molar-refractivity contribution in [2.45, 2.75) is 6.61 Å². The van der Waals surface area contributed by atoms with Crippen LogP contribution in [-0.2, 0) is 16.2 Å². The summed E-state index contributed by atoms with van der Waals surface area (Å²) in [6.07, 6.45) is 1.45. The molecule has 3 aromatic rings. The van der Waals surface area contributed by atoms with Crippen LogP contribution in [0.1, 0.15) is 11.1 Å². The van der Waals surface area contributed by atoms with Crippen LogP contribution < -0.4 is 15.0 Å². The minimum Gasteiger partial charge on any atom is -0.489 e. The van der Waals surface area contributed by atoms with E-state index in [4.69, 9.17) is 4.74 Å². The van der Waals surface area contributed by atoms with Crippen LogP contribution in [0.25, 0.3) is 6.08 Å². The van der Waals surface area contributed by atoms with E-state index < -0.39 is 17.8 Å². The number of carbonyl (C=O) groups excluding carboxylic acids is 3. The zero-order chi connectivity index (χ0) is 22.7. The summed E-state index contributed by atoms with van der Waals surface area (Å²) >= 11 is 6.93. The number of halogens is 2. The number of amides is 4. The summed E-state index contributed by atoms with van der Waals surface area (Å²) in [7, 11) is 0. The number of anilines is 1. The summed E-state index contributed by atoms with van der Waals surface area (Å²) in [5.74, 6) is -0.763. The number of rotatable bonds is 5. The molecule has 0 saturated carbocycles. The first-order chi connectivity index (χ1) is 15.4. The number of urea groups is 1. The predicted octanol–water partition coefficient (Wildman–Crippen LogP) is 5.46. The van der Waals surface area contributed by atoms with Gasteiger partial charge in [-0.15, -0.1) is 0 Å². The van der Waals surface area contributed by atoms with Crippen LogP contribution in [0.5, 0.6) is 5.75 Å². The van der Waals surface area contributed by atoms with E-state index in [0.717, 1.165) is 19.4 Å². The first-order valence-corrected chi connectivity index (χ1v) is 11.1.